The van der Waals surface area contributed by atoms with Crippen LogP contribution in [0.5, 0.6) is 11.5 Å². The van der Waals surface area contributed by atoms with Crippen molar-refractivity contribution in [1.29, 1.82) is 0 Å². The van der Waals surface area contributed by atoms with Crippen LogP contribution in [0.25, 0.3) is 5.57 Å². The number of carbonyl (C=O) groups is 1. The molecule has 0 saturated carbocycles. The van der Waals surface area contributed by atoms with Crippen LogP contribution in [0.4, 0.5) is 11.4 Å². The fraction of sp³-hybridized carbons (Fsp3) is 0.375. The van der Waals surface area contributed by atoms with Gasteiger partial charge in [-0.05, 0) is 50.2 Å². The average molecular weight is 410 g/mol. The van der Waals surface area contributed by atoms with E-state index in [1.54, 1.807) is 20.3 Å². The molecule has 0 unspecified atom stereocenters. The highest BCUT2D eigenvalue weighted by Gasteiger charge is 2.29. The molecule has 0 saturated heterocycles. The average Bonchev–Trinajstić information content (AvgIpc) is 3.06. The van der Waals surface area contributed by atoms with Crippen LogP contribution in [0, 0.1) is 0 Å². The fourth-order valence-electron chi connectivity index (χ4n) is 3.76. The first-order valence-electron chi connectivity index (χ1n) is 10.4. The third kappa shape index (κ3) is 4.60. The number of fused-ring (bicyclic) bond motifs is 1. The van der Waals surface area contributed by atoms with Crippen molar-refractivity contribution in [3.8, 4) is 11.5 Å². The van der Waals surface area contributed by atoms with Crippen LogP contribution in [0.3, 0.4) is 0 Å². The lowest BCUT2D eigenvalue weighted by atomic mass is 10.0. The zero-order valence-electron chi connectivity index (χ0n) is 18.5. The van der Waals surface area contributed by atoms with E-state index >= 15 is 0 Å². The molecule has 1 aliphatic rings. The van der Waals surface area contributed by atoms with Crippen molar-refractivity contribution in [1.82, 2.24) is 4.90 Å². The van der Waals surface area contributed by atoms with Gasteiger partial charge in [0.1, 0.15) is 0 Å². The molecule has 1 amide bonds. The molecule has 6 heteroatoms. The van der Waals surface area contributed by atoms with Gasteiger partial charge in [0.25, 0.3) is 5.91 Å². The van der Waals surface area contributed by atoms with Crippen LogP contribution in [0.2, 0.25) is 0 Å². The maximum Gasteiger partial charge on any atom is 0.258 e. The summed E-state index contributed by atoms with van der Waals surface area (Å²) in [6, 6.07) is 12.0. The summed E-state index contributed by atoms with van der Waals surface area (Å²) in [4.78, 5) is 15.1. The standard InChI is InChI=1S/C24H31N3O3/c1-6-12-27(3)15-16-8-10-17(11-9-16)25-19(7-2)23-18-13-21(29-4)22(30-5)14-20(18)26-24(23)28/h8-11,13-14,25H,6-7,12,15H2,1-5H3,(H,26,28)/b23-19-. The Balaban J connectivity index is 1.88. The lowest BCUT2D eigenvalue weighted by Gasteiger charge is -2.16. The van der Waals surface area contributed by atoms with Gasteiger partial charge in [0.2, 0.25) is 0 Å². The summed E-state index contributed by atoms with van der Waals surface area (Å²) in [7, 11) is 5.31. The van der Waals surface area contributed by atoms with E-state index in [1.807, 2.05) is 13.0 Å². The molecule has 2 aromatic carbocycles. The largest absolute Gasteiger partial charge is 0.493 e. The maximum absolute atomic E-state index is 12.8. The number of ether oxygens (including phenoxy) is 2. The molecule has 0 aliphatic carbocycles. The monoisotopic (exact) mass is 409 g/mol. The molecule has 0 spiro atoms. The van der Waals surface area contributed by atoms with Crippen LogP contribution in [0.15, 0.2) is 42.1 Å². The number of methoxy groups -OCH3 is 2. The van der Waals surface area contributed by atoms with Gasteiger partial charge >= 0.3 is 0 Å². The van der Waals surface area contributed by atoms with Crippen LogP contribution in [0.1, 0.15) is 37.8 Å². The van der Waals surface area contributed by atoms with Crippen LogP contribution in [-0.4, -0.2) is 38.6 Å². The van der Waals surface area contributed by atoms with Gasteiger partial charge in [-0.1, -0.05) is 26.0 Å². The van der Waals surface area contributed by atoms with Crippen LogP contribution in [-0.2, 0) is 11.3 Å². The van der Waals surface area contributed by atoms with Gasteiger partial charge in [0.15, 0.2) is 11.5 Å². The molecule has 1 aliphatic heterocycles. The molecular formula is C24H31N3O3. The molecule has 2 N–H and O–H groups in total. The summed E-state index contributed by atoms with van der Waals surface area (Å²) in [5.74, 6) is 1.07. The van der Waals surface area contributed by atoms with Crippen LogP contribution < -0.4 is 20.1 Å². The molecule has 0 atom stereocenters. The highest BCUT2D eigenvalue weighted by molar-refractivity contribution is 6.32. The summed E-state index contributed by atoms with van der Waals surface area (Å²) in [6.07, 6.45) is 1.83. The van der Waals surface area contributed by atoms with E-state index in [-0.39, 0.29) is 5.91 Å². The zero-order chi connectivity index (χ0) is 21.7. The predicted molar refractivity (Wildman–Crippen MR) is 122 cm³/mol. The zero-order valence-corrected chi connectivity index (χ0v) is 18.5. The first kappa shape index (κ1) is 21.7. The Kier molecular flexibility index (Phi) is 7.00. The second kappa shape index (κ2) is 9.67. The van der Waals surface area contributed by atoms with Gasteiger partial charge in [0, 0.05) is 29.6 Å². The number of benzene rings is 2. The van der Waals surface area contributed by atoms with E-state index in [9.17, 15) is 4.79 Å². The van der Waals surface area contributed by atoms with E-state index < -0.39 is 0 Å². The van der Waals surface area contributed by atoms with Crippen molar-refractivity contribution < 1.29 is 14.3 Å². The third-order valence-electron chi connectivity index (χ3n) is 5.23. The molecule has 0 radical (unpaired) electrons. The fourth-order valence-corrected chi connectivity index (χ4v) is 3.76. The molecule has 3 rings (SSSR count). The van der Waals surface area contributed by atoms with Gasteiger partial charge in [-0.3, -0.25) is 4.79 Å². The number of amides is 1. The summed E-state index contributed by atoms with van der Waals surface area (Å²) in [5, 5.41) is 6.39. The Morgan fingerprint density at radius 1 is 1.07 bits per heavy atom. The van der Waals surface area contributed by atoms with E-state index in [0.29, 0.717) is 23.5 Å². The quantitative estimate of drug-likeness (QED) is 0.586. The summed E-state index contributed by atoms with van der Waals surface area (Å²) in [6.45, 7) is 6.23. The second-order valence-electron chi connectivity index (χ2n) is 7.47. The second-order valence-corrected chi connectivity index (χ2v) is 7.47. The van der Waals surface area contributed by atoms with Crippen molar-refractivity contribution in [3.63, 3.8) is 0 Å². The van der Waals surface area contributed by atoms with E-state index in [4.69, 9.17) is 9.47 Å². The third-order valence-corrected chi connectivity index (χ3v) is 5.23. The molecule has 6 nitrogen and oxygen atoms in total. The number of nitrogens with one attached hydrogen (secondary N) is 2. The molecular weight excluding hydrogens is 378 g/mol. The summed E-state index contributed by atoms with van der Waals surface area (Å²) < 4.78 is 10.8. The van der Waals surface area contributed by atoms with Gasteiger partial charge in [-0.25, -0.2) is 0 Å². The number of allylic oxidation sites excluding steroid dienone is 1. The molecule has 0 bridgehead atoms. The highest BCUT2D eigenvalue weighted by Crippen LogP contribution is 2.42. The van der Waals surface area contributed by atoms with Crippen molar-refractivity contribution in [2.45, 2.75) is 33.2 Å². The lowest BCUT2D eigenvalue weighted by Crippen LogP contribution is -2.18. The molecule has 1 heterocycles. The number of nitrogens with zero attached hydrogens (tertiary/aromatic N) is 1. The first-order chi connectivity index (χ1) is 14.5. The molecule has 160 valence electrons. The van der Waals surface area contributed by atoms with Gasteiger partial charge in [0.05, 0.1) is 25.5 Å². The minimum Gasteiger partial charge on any atom is -0.493 e. The highest BCUT2D eigenvalue weighted by atomic mass is 16.5. The molecule has 30 heavy (non-hydrogen) atoms. The normalized spacial score (nSPS) is 14.4. The Bertz CT molecular complexity index is 935. The van der Waals surface area contributed by atoms with Crippen molar-refractivity contribution in [2.24, 2.45) is 0 Å². The van der Waals surface area contributed by atoms with E-state index in [1.165, 1.54) is 5.56 Å². The Labute approximate surface area is 178 Å². The Morgan fingerprint density at radius 3 is 2.33 bits per heavy atom. The van der Waals surface area contributed by atoms with Crippen molar-refractivity contribution >= 4 is 22.9 Å². The summed E-state index contributed by atoms with van der Waals surface area (Å²) in [5.41, 5.74) is 5.29. The lowest BCUT2D eigenvalue weighted by molar-refractivity contribution is -0.110. The minimum atomic E-state index is -0.123. The molecule has 0 fully saturated rings. The van der Waals surface area contributed by atoms with Gasteiger partial charge < -0.3 is 25.0 Å². The predicted octanol–water partition coefficient (Wildman–Crippen LogP) is 4.73. The molecule has 0 aromatic heterocycles. The number of carbonyl (C=O) groups excluding carboxylic acids is 1. The van der Waals surface area contributed by atoms with Crippen LogP contribution >= 0.6 is 0 Å². The minimum absolute atomic E-state index is 0.123. The topological polar surface area (TPSA) is 62.8 Å². The number of hydrogen-bond donors (Lipinski definition) is 2. The van der Waals surface area contributed by atoms with E-state index in [0.717, 1.165) is 42.1 Å². The molecule has 2 aromatic rings. The van der Waals surface area contributed by atoms with Gasteiger partial charge in [-0.15, -0.1) is 0 Å². The number of hydrogen-bond acceptors (Lipinski definition) is 5. The SMILES string of the molecule is CCCN(C)Cc1ccc(N/C(CC)=C2\C(=O)Nc3cc(OC)c(OC)cc32)cc1. The Hall–Kier alpha value is -2.99. The maximum atomic E-state index is 12.8. The first-order valence-corrected chi connectivity index (χ1v) is 10.4. The number of rotatable bonds is 9. The van der Waals surface area contributed by atoms with Crippen molar-refractivity contribution in [2.75, 3.05) is 38.4 Å². The Morgan fingerprint density at radius 2 is 1.73 bits per heavy atom. The van der Waals surface area contributed by atoms with Crippen molar-refractivity contribution in [3.05, 3.63) is 53.2 Å². The summed E-state index contributed by atoms with van der Waals surface area (Å²) >= 11 is 0. The van der Waals surface area contributed by atoms with Gasteiger partial charge in [-0.2, -0.15) is 0 Å². The van der Waals surface area contributed by atoms with E-state index in [2.05, 4.69) is 53.8 Å². The number of anilines is 2. The smallest absolute Gasteiger partial charge is 0.258 e.